The fraction of sp³-hybridized carbons (Fsp3) is 0.636. The van der Waals surface area contributed by atoms with Crippen molar-refractivity contribution in [3.05, 3.63) is 25.2 Å². The third kappa shape index (κ3) is 4.22. The number of hydrogen-bond acceptors (Lipinski definition) is 1. The Morgan fingerprint density at radius 3 is 2.17 bits per heavy atom. The van der Waals surface area contributed by atoms with E-state index in [2.05, 4.69) is 27.0 Å². The van der Waals surface area contributed by atoms with Gasteiger partial charge in [-0.05, 0) is 12.8 Å². The van der Waals surface area contributed by atoms with Crippen LogP contribution in [0.2, 0.25) is 0 Å². The van der Waals surface area contributed by atoms with E-state index in [0.717, 1.165) is 5.76 Å². The summed E-state index contributed by atoms with van der Waals surface area (Å²) >= 11 is 0. The Morgan fingerprint density at radius 2 is 1.83 bits per heavy atom. The van der Waals surface area contributed by atoms with Crippen LogP contribution in [0.15, 0.2) is 25.2 Å². The van der Waals surface area contributed by atoms with Crippen LogP contribution in [0.5, 0.6) is 0 Å². The van der Waals surface area contributed by atoms with Crippen LogP contribution in [0.1, 0.15) is 39.5 Å². The molecule has 1 nitrogen and oxygen atoms in total. The summed E-state index contributed by atoms with van der Waals surface area (Å²) in [5.41, 5.74) is 0. The minimum Gasteiger partial charge on any atom is -0.470 e. The van der Waals surface area contributed by atoms with Crippen LogP contribution in [0, 0.1) is 5.92 Å². The third-order valence-electron chi connectivity index (χ3n) is 1.96. The predicted octanol–water partition coefficient (Wildman–Crippen LogP) is 3.88. The van der Waals surface area contributed by atoms with Crippen LogP contribution < -0.4 is 0 Å². The highest BCUT2D eigenvalue weighted by Gasteiger charge is 2.10. The minimum absolute atomic E-state index is 0.512. The lowest BCUT2D eigenvalue weighted by molar-refractivity contribution is 0.273. The monoisotopic (exact) mass is 168 g/mol. The lowest BCUT2D eigenvalue weighted by atomic mass is 9.97. The summed E-state index contributed by atoms with van der Waals surface area (Å²) < 4.78 is 5.18. The quantitative estimate of drug-likeness (QED) is 0.524. The van der Waals surface area contributed by atoms with Gasteiger partial charge in [0.2, 0.25) is 0 Å². The lowest BCUT2D eigenvalue weighted by Gasteiger charge is -2.16. The van der Waals surface area contributed by atoms with Gasteiger partial charge in [0.1, 0.15) is 0 Å². The van der Waals surface area contributed by atoms with Crippen molar-refractivity contribution in [1.29, 1.82) is 0 Å². The Bertz CT molecular complexity index is 132. The predicted molar refractivity (Wildman–Crippen MR) is 53.7 cm³/mol. The number of allylic oxidation sites excluding steroid dienone is 1. The van der Waals surface area contributed by atoms with Gasteiger partial charge in [-0.1, -0.05) is 39.8 Å². The second-order valence-corrected chi connectivity index (χ2v) is 3.03. The van der Waals surface area contributed by atoms with Gasteiger partial charge in [0, 0.05) is 5.92 Å². The van der Waals surface area contributed by atoms with Crippen molar-refractivity contribution < 1.29 is 4.74 Å². The fourth-order valence-electron chi connectivity index (χ4n) is 1.37. The lowest BCUT2D eigenvalue weighted by Crippen LogP contribution is -2.03. The van der Waals surface area contributed by atoms with E-state index in [1.807, 2.05) is 0 Å². The summed E-state index contributed by atoms with van der Waals surface area (Å²) in [6.45, 7) is 11.8. The van der Waals surface area contributed by atoms with Crippen molar-refractivity contribution in [2.24, 2.45) is 5.92 Å². The van der Waals surface area contributed by atoms with Gasteiger partial charge in [-0.3, -0.25) is 0 Å². The van der Waals surface area contributed by atoms with Crippen LogP contribution in [-0.4, -0.2) is 0 Å². The zero-order valence-electron chi connectivity index (χ0n) is 8.31. The molecule has 0 aliphatic heterocycles. The molecule has 0 saturated carbocycles. The molecule has 12 heavy (non-hydrogen) atoms. The summed E-state index contributed by atoms with van der Waals surface area (Å²) in [4.78, 5) is 0. The molecule has 0 atom stereocenters. The molecule has 0 heterocycles. The Balaban J connectivity index is 3.89. The maximum atomic E-state index is 5.18. The second kappa shape index (κ2) is 6.96. The summed E-state index contributed by atoms with van der Waals surface area (Å²) in [5, 5.41) is 0. The molecule has 0 aliphatic rings. The van der Waals surface area contributed by atoms with Crippen LogP contribution in [0.25, 0.3) is 0 Å². The molecule has 0 unspecified atom stereocenters. The molecule has 0 amide bonds. The summed E-state index contributed by atoms with van der Waals surface area (Å²) in [6, 6.07) is 0. The molecule has 70 valence electrons. The number of hydrogen-bond donors (Lipinski definition) is 0. The maximum Gasteiger partial charge on any atom is 0.0990 e. The van der Waals surface area contributed by atoms with Gasteiger partial charge >= 0.3 is 0 Å². The molecule has 0 fully saturated rings. The van der Waals surface area contributed by atoms with E-state index in [-0.39, 0.29) is 0 Å². The van der Waals surface area contributed by atoms with Gasteiger partial charge < -0.3 is 4.74 Å². The van der Waals surface area contributed by atoms with Crippen molar-refractivity contribution in [1.82, 2.24) is 0 Å². The summed E-state index contributed by atoms with van der Waals surface area (Å²) in [7, 11) is 0. The van der Waals surface area contributed by atoms with Gasteiger partial charge in [0.05, 0.1) is 12.0 Å². The molecule has 0 bridgehead atoms. The van der Waals surface area contributed by atoms with E-state index in [0.29, 0.717) is 5.92 Å². The molecule has 0 aromatic heterocycles. The molecule has 0 spiro atoms. The van der Waals surface area contributed by atoms with Crippen LogP contribution in [0.3, 0.4) is 0 Å². The molecular formula is C11H20O. The zero-order chi connectivity index (χ0) is 9.40. The molecule has 0 saturated heterocycles. The Hall–Kier alpha value is -0.720. The van der Waals surface area contributed by atoms with Crippen molar-refractivity contribution >= 4 is 0 Å². The van der Waals surface area contributed by atoms with E-state index >= 15 is 0 Å². The highest BCUT2D eigenvalue weighted by Crippen LogP contribution is 2.21. The summed E-state index contributed by atoms with van der Waals surface area (Å²) in [6.07, 6.45) is 6.16. The first-order valence-electron chi connectivity index (χ1n) is 4.72. The molecule has 1 heteroatoms. The average Bonchev–Trinajstić information content (AvgIpc) is 2.04. The number of rotatable bonds is 7. The number of ether oxygens (including phenoxy) is 1. The third-order valence-corrected chi connectivity index (χ3v) is 1.96. The minimum atomic E-state index is 0.512. The Kier molecular flexibility index (Phi) is 6.54. The van der Waals surface area contributed by atoms with Gasteiger partial charge in [-0.2, -0.15) is 0 Å². The molecule has 0 aromatic carbocycles. The SMILES string of the molecule is C=COC(=C)C(CCC)CCC. The van der Waals surface area contributed by atoms with E-state index in [1.54, 1.807) is 0 Å². The Labute approximate surface area is 76.1 Å². The average molecular weight is 168 g/mol. The van der Waals surface area contributed by atoms with Crippen LogP contribution in [-0.2, 0) is 4.74 Å². The first kappa shape index (κ1) is 11.3. The molecular weight excluding hydrogens is 148 g/mol. The highest BCUT2D eigenvalue weighted by atomic mass is 16.5. The molecule has 0 N–H and O–H groups in total. The van der Waals surface area contributed by atoms with E-state index in [1.165, 1.54) is 31.9 Å². The molecule has 0 rings (SSSR count). The Morgan fingerprint density at radius 1 is 1.33 bits per heavy atom. The van der Waals surface area contributed by atoms with E-state index in [4.69, 9.17) is 4.74 Å². The molecule has 0 radical (unpaired) electrons. The van der Waals surface area contributed by atoms with E-state index < -0.39 is 0 Å². The van der Waals surface area contributed by atoms with Crippen molar-refractivity contribution in [3.63, 3.8) is 0 Å². The van der Waals surface area contributed by atoms with Crippen molar-refractivity contribution in [3.8, 4) is 0 Å². The zero-order valence-corrected chi connectivity index (χ0v) is 8.31. The molecule has 0 aromatic rings. The standard InChI is InChI=1S/C11H20O/c1-5-8-11(9-6-2)10(4)12-7-3/h7,11H,3-6,8-9H2,1-2H3. The van der Waals surface area contributed by atoms with Gasteiger partial charge in [-0.25, -0.2) is 0 Å². The fourth-order valence-corrected chi connectivity index (χ4v) is 1.37. The highest BCUT2D eigenvalue weighted by molar-refractivity contribution is 4.92. The van der Waals surface area contributed by atoms with E-state index in [9.17, 15) is 0 Å². The van der Waals surface area contributed by atoms with Crippen molar-refractivity contribution in [2.45, 2.75) is 39.5 Å². The van der Waals surface area contributed by atoms with Crippen LogP contribution >= 0.6 is 0 Å². The first-order chi connectivity index (χ1) is 5.76. The van der Waals surface area contributed by atoms with Gasteiger partial charge in [0.15, 0.2) is 0 Å². The normalized spacial score (nSPS) is 9.92. The topological polar surface area (TPSA) is 9.23 Å². The largest absolute Gasteiger partial charge is 0.470 e. The summed E-state index contributed by atoms with van der Waals surface area (Å²) in [5.74, 6) is 1.38. The maximum absolute atomic E-state index is 5.18. The first-order valence-corrected chi connectivity index (χ1v) is 4.72. The van der Waals surface area contributed by atoms with Gasteiger partial charge in [-0.15, -0.1) is 0 Å². The molecule has 0 aliphatic carbocycles. The van der Waals surface area contributed by atoms with Crippen LogP contribution in [0.4, 0.5) is 0 Å². The van der Waals surface area contributed by atoms with Crippen molar-refractivity contribution in [2.75, 3.05) is 0 Å². The smallest absolute Gasteiger partial charge is 0.0990 e. The second-order valence-electron chi connectivity index (χ2n) is 3.03. The van der Waals surface area contributed by atoms with Gasteiger partial charge in [0.25, 0.3) is 0 Å².